The smallest absolute Gasteiger partial charge is 0.234 e. The molecular formula is C26H26N4O3S. The van der Waals surface area contributed by atoms with Gasteiger partial charge < -0.3 is 14.8 Å². The number of anilines is 1. The normalized spacial score (nSPS) is 11.7. The van der Waals surface area contributed by atoms with E-state index in [0.29, 0.717) is 23.3 Å². The van der Waals surface area contributed by atoms with Crippen molar-refractivity contribution in [1.82, 2.24) is 14.8 Å². The topological polar surface area (TPSA) is 78.3 Å². The van der Waals surface area contributed by atoms with Crippen molar-refractivity contribution in [3.63, 3.8) is 0 Å². The van der Waals surface area contributed by atoms with Crippen molar-refractivity contribution >= 4 is 34.1 Å². The van der Waals surface area contributed by atoms with E-state index in [1.807, 2.05) is 78.2 Å². The average molecular weight is 475 g/mol. The molecule has 1 heterocycles. The highest BCUT2D eigenvalue weighted by molar-refractivity contribution is 7.99. The summed E-state index contributed by atoms with van der Waals surface area (Å²) in [6.45, 7) is 6.26. The fourth-order valence-electron chi connectivity index (χ4n) is 3.57. The van der Waals surface area contributed by atoms with Crippen LogP contribution in [0.25, 0.3) is 10.8 Å². The van der Waals surface area contributed by atoms with Gasteiger partial charge in [-0.15, -0.1) is 16.8 Å². The van der Waals surface area contributed by atoms with Gasteiger partial charge in [0.2, 0.25) is 5.91 Å². The van der Waals surface area contributed by atoms with Crippen LogP contribution in [-0.4, -0.2) is 33.5 Å². The van der Waals surface area contributed by atoms with Crippen LogP contribution < -0.4 is 14.8 Å². The number of nitrogens with one attached hydrogen (secondary N) is 1. The maximum absolute atomic E-state index is 12.7. The second-order valence-corrected chi connectivity index (χ2v) is 8.48. The number of methoxy groups -OCH3 is 1. The summed E-state index contributed by atoms with van der Waals surface area (Å²) in [6, 6.07) is 21.2. The van der Waals surface area contributed by atoms with Crippen molar-refractivity contribution in [2.45, 2.75) is 24.7 Å². The Kier molecular flexibility index (Phi) is 7.49. The number of benzene rings is 3. The summed E-state index contributed by atoms with van der Waals surface area (Å²) in [5, 5.41) is 14.4. The molecule has 1 atom stereocenters. The molecule has 0 radical (unpaired) electrons. The van der Waals surface area contributed by atoms with Crippen molar-refractivity contribution in [3.05, 3.63) is 85.2 Å². The third-order valence-corrected chi connectivity index (χ3v) is 6.16. The second kappa shape index (κ2) is 10.9. The number of aromatic nitrogens is 3. The molecule has 0 bridgehead atoms. The van der Waals surface area contributed by atoms with Gasteiger partial charge in [0.05, 0.1) is 12.9 Å². The quantitative estimate of drug-likeness (QED) is 0.242. The lowest BCUT2D eigenvalue weighted by molar-refractivity contribution is -0.113. The molecule has 0 aliphatic carbocycles. The van der Waals surface area contributed by atoms with Crippen LogP contribution in [0, 0.1) is 0 Å². The third kappa shape index (κ3) is 5.40. The van der Waals surface area contributed by atoms with Gasteiger partial charge in [0, 0.05) is 17.6 Å². The Morgan fingerprint density at radius 1 is 1.09 bits per heavy atom. The first kappa shape index (κ1) is 23.4. The summed E-state index contributed by atoms with van der Waals surface area (Å²) in [7, 11) is 1.62. The lowest BCUT2D eigenvalue weighted by atomic mass is 10.1. The van der Waals surface area contributed by atoms with Gasteiger partial charge >= 0.3 is 0 Å². The van der Waals surface area contributed by atoms with Crippen molar-refractivity contribution < 1.29 is 14.3 Å². The minimum atomic E-state index is -0.347. The van der Waals surface area contributed by atoms with Gasteiger partial charge in [0.15, 0.2) is 17.1 Å². The Hall–Kier alpha value is -3.78. The number of hydrogen-bond donors (Lipinski definition) is 1. The highest BCUT2D eigenvalue weighted by Crippen LogP contribution is 2.27. The van der Waals surface area contributed by atoms with Crippen LogP contribution in [0.15, 0.2) is 84.5 Å². The molecule has 1 N–H and O–H groups in total. The third-order valence-electron chi connectivity index (χ3n) is 5.19. The van der Waals surface area contributed by atoms with Gasteiger partial charge in [0.25, 0.3) is 0 Å². The molecule has 174 valence electrons. The van der Waals surface area contributed by atoms with E-state index in [4.69, 9.17) is 9.47 Å². The molecule has 0 aliphatic heterocycles. The molecule has 1 amide bonds. The largest absolute Gasteiger partial charge is 0.497 e. The zero-order chi connectivity index (χ0) is 23.9. The van der Waals surface area contributed by atoms with Gasteiger partial charge in [-0.05, 0) is 42.6 Å². The molecule has 0 spiro atoms. The van der Waals surface area contributed by atoms with Gasteiger partial charge in [-0.25, -0.2) is 0 Å². The Labute approximate surface area is 202 Å². The SMILES string of the molecule is C=CCn1c(SCC(=O)Nc2cccc3ccccc23)nnc1C(C)Oc1ccc(OC)cc1. The molecule has 1 unspecified atom stereocenters. The molecule has 7 nitrogen and oxygen atoms in total. The van der Waals surface area contributed by atoms with E-state index in [1.54, 1.807) is 13.2 Å². The Morgan fingerprint density at radius 2 is 1.82 bits per heavy atom. The number of rotatable bonds is 10. The molecule has 0 fully saturated rings. The lowest BCUT2D eigenvalue weighted by Crippen LogP contribution is -2.15. The predicted molar refractivity (Wildman–Crippen MR) is 136 cm³/mol. The number of amides is 1. The van der Waals surface area contributed by atoms with Crippen LogP contribution in [-0.2, 0) is 11.3 Å². The summed E-state index contributed by atoms with van der Waals surface area (Å²) < 4.78 is 13.1. The second-order valence-electron chi connectivity index (χ2n) is 7.54. The molecule has 0 saturated carbocycles. The summed E-state index contributed by atoms with van der Waals surface area (Å²) in [5.41, 5.74) is 0.790. The molecule has 0 saturated heterocycles. The van der Waals surface area contributed by atoms with Gasteiger partial charge in [-0.3, -0.25) is 9.36 Å². The number of nitrogens with zero attached hydrogens (tertiary/aromatic N) is 3. The first-order chi connectivity index (χ1) is 16.6. The number of ether oxygens (including phenoxy) is 2. The van der Waals surface area contributed by atoms with Gasteiger partial charge in [-0.1, -0.05) is 54.2 Å². The van der Waals surface area contributed by atoms with E-state index in [0.717, 1.165) is 22.2 Å². The molecule has 8 heteroatoms. The standard InChI is InChI=1S/C26H26N4O3S/c1-4-16-30-25(18(2)33-21-14-12-20(32-3)13-15-21)28-29-26(30)34-17-24(31)27-23-11-7-9-19-8-5-6-10-22(19)23/h4-15,18H,1,16-17H2,2-3H3,(H,27,31). The van der Waals surface area contributed by atoms with Gasteiger partial charge in [0.1, 0.15) is 11.5 Å². The van der Waals surface area contributed by atoms with Crippen LogP contribution in [0.3, 0.4) is 0 Å². The summed E-state index contributed by atoms with van der Waals surface area (Å²) >= 11 is 1.33. The molecule has 4 rings (SSSR count). The van der Waals surface area contributed by atoms with E-state index in [-0.39, 0.29) is 17.8 Å². The summed E-state index contributed by atoms with van der Waals surface area (Å²) in [6.07, 6.45) is 1.42. The molecule has 1 aromatic heterocycles. The molecule has 4 aromatic rings. The predicted octanol–water partition coefficient (Wildman–Crippen LogP) is 5.50. The minimum absolute atomic E-state index is 0.112. The number of carbonyl (C=O) groups excluding carboxylic acids is 1. The maximum atomic E-state index is 12.7. The van der Waals surface area contributed by atoms with Crippen LogP contribution in [0.4, 0.5) is 5.69 Å². The minimum Gasteiger partial charge on any atom is -0.497 e. The number of allylic oxidation sites excluding steroid dienone is 1. The monoisotopic (exact) mass is 474 g/mol. The highest BCUT2D eigenvalue weighted by Gasteiger charge is 2.20. The van der Waals surface area contributed by atoms with Crippen molar-refractivity contribution in [2.24, 2.45) is 0 Å². The Morgan fingerprint density at radius 3 is 2.59 bits per heavy atom. The Bertz CT molecular complexity index is 1280. The van der Waals surface area contributed by atoms with Crippen molar-refractivity contribution in [2.75, 3.05) is 18.2 Å². The zero-order valence-electron chi connectivity index (χ0n) is 19.1. The van der Waals surface area contributed by atoms with E-state index in [2.05, 4.69) is 22.1 Å². The van der Waals surface area contributed by atoms with E-state index >= 15 is 0 Å². The first-order valence-corrected chi connectivity index (χ1v) is 11.8. The van der Waals surface area contributed by atoms with Gasteiger partial charge in [-0.2, -0.15) is 0 Å². The molecule has 3 aromatic carbocycles. The van der Waals surface area contributed by atoms with Crippen LogP contribution in [0.2, 0.25) is 0 Å². The average Bonchev–Trinajstić information content (AvgIpc) is 3.26. The maximum Gasteiger partial charge on any atom is 0.234 e. The fraction of sp³-hybridized carbons (Fsp3) is 0.192. The molecular weight excluding hydrogens is 448 g/mol. The zero-order valence-corrected chi connectivity index (χ0v) is 19.9. The van der Waals surface area contributed by atoms with E-state index in [9.17, 15) is 4.79 Å². The summed E-state index contributed by atoms with van der Waals surface area (Å²) in [5.74, 6) is 2.21. The first-order valence-electron chi connectivity index (χ1n) is 10.8. The number of hydrogen-bond acceptors (Lipinski definition) is 6. The van der Waals surface area contributed by atoms with E-state index < -0.39 is 0 Å². The number of fused-ring (bicyclic) bond motifs is 1. The fourth-order valence-corrected chi connectivity index (χ4v) is 4.32. The number of thioether (sulfide) groups is 1. The van der Waals surface area contributed by atoms with Crippen molar-refractivity contribution in [3.8, 4) is 11.5 Å². The summed E-state index contributed by atoms with van der Waals surface area (Å²) in [4.78, 5) is 12.7. The van der Waals surface area contributed by atoms with Crippen LogP contribution in [0.1, 0.15) is 18.9 Å². The Balaban J connectivity index is 1.43. The van der Waals surface area contributed by atoms with Crippen LogP contribution >= 0.6 is 11.8 Å². The van der Waals surface area contributed by atoms with Crippen molar-refractivity contribution in [1.29, 1.82) is 0 Å². The van der Waals surface area contributed by atoms with E-state index in [1.165, 1.54) is 11.8 Å². The molecule has 0 aliphatic rings. The highest BCUT2D eigenvalue weighted by atomic mass is 32.2. The van der Waals surface area contributed by atoms with Crippen LogP contribution in [0.5, 0.6) is 11.5 Å². The molecule has 34 heavy (non-hydrogen) atoms. The lowest BCUT2D eigenvalue weighted by Gasteiger charge is -2.16. The number of carbonyl (C=O) groups is 1.